The molecule has 2 aromatic rings. The van der Waals surface area contributed by atoms with Crippen LogP contribution in [0.4, 0.5) is 0 Å². The molecule has 0 saturated carbocycles. The third-order valence-corrected chi connectivity index (χ3v) is 7.43. The topological polar surface area (TPSA) is 87.5 Å². The molecule has 2 aliphatic carbocycles. The van der Waals surface area contributed by atoms with Crippen LogP contribution < -0.4 is 0 Å². The van der Waals surface area contributed by atoms with E-state index in [0.29, 0.717) is 12.8 Å². The number of thiophene rings is 1. The van der Waals surface area contributed by atoms with Gasteiger partial charge in [0.2, 0.25) is 0 Å². The number of Topliss-reactive ketones (excluding diaryl/α,β-unsaturated/α-hetero) is 2. The third-order valence-electron chi connectivity index (χ3n) is 6.23. The highest BCUT2D eigenvalue weighted by molar-refractivity contribution is 7.15. The minimum atomic E-state index is -0.766. The van der Waals surface area contributed by atoms with Crippen LogP contribution in [-0.2, 0) is 9.59 Å². The van der Waals surface area contributed by atoms with E-state index in [2.05, 4.69) is 4.98 Å². The molecule has 0 aliphatic heterocycles. The lowest BCUT2D eigenvalue weighted by atomic mass is 9.68. The molecule has 2 N–H and O–H groups in total. The third kappa shape index (κ3) is 4.29. The van der Waals surface area contributed by atoms with Gasteiger partial charge in [-0.3, -0.25) is 14.6 Å². The lowest BCUT2D eigenvalue weighted by Gasteiger charge is -2.36. The second-order valence-electron chi connectivity index (χ2n) is 10.5. The van der Waals surface area contributed by atoms with Crippen molar-refractivity contribution in [2.75, 3.05) is 0 Å². The fourth-order valence-corrected chi connectivity index (χ4v) is 5.98. The molecule has 0 aromatic carbocycles. The molecular weight excluding hydrogens is 422 g/mol. The van der Waals surface area contributed by atoms with E-state index < -0.39 is 5.92 Å². The maximum absolute atomic E-state index is 13.3. The second kappa shape index (κ2) is 8.00. The summed E-state index contributed by atoms with van der Waals surface area (Å²) in [6, 6.07) is 7.63. The van der Waals surface area contributed by atoms with E-state index in [1.807, 2.05) is 52.0 Å². The van der Waals surface area contributed by atoms with Crippen LogP contribution in [0.25, 0.3) is 10.4 Å². The van der Waals surface area contributed by atoms with Crippen LogP contribution >= 0.6 is 11.3 Å². The summed E-state index contributed by atoms with van der Waals surface area (Å²) < 4.78 is 0. The van der Waals surface area contributed by atoms with Gasteiger partial charge in [0, 0.05) is 64.5 Å². The first-order valence-electron chi connectivity index (χ1n) is 10.9. The standard InChI is InChI=1S/C26H29NO4S/c1-25(2)10-16(28)22(17(29)11-25)24(23-18(30)12-26(3,4)13-19(23)31)21-8-7-20(32-21)15-6-5-9-27-14-15/h5-9,14,24,28,30H,10-13H2,1-4H3. The van der Waals surface area contributed by atoms with Crippen molar-refractivity contribution in [2.45, 2.75) is 59.3 Å². The fraction of sp³-hybridized carbons (Fsp3) is 0.423. The normalized spacial score (nSPS) is 20.9. The molecule has 0 amide bonds. The molecule has 5 nitrogen and oxygen atoms in total. The first-order valence-corrected chi connectivity index (χ1v) is 11.7. The number of ketones is 2. The van der Waals surface area contributed by atoms with Gasteiger partial charge in [0.1, 0.15) is 11.5 Å². The number of allylic oxidation sites excluding steroid dienone is 4. The highest BCUT2D eigenvalue weighted by Crippen LogP contribution is 2.49. The van der Waals surface area contributed by atoms with Crippen molar-refractivity contribution < 1.29 is 19.8 Å². The number of hydrogen-bond donors (Lipinski definition) is 2. The maximum atomic E-state index is 13.3. The summed E-state index contributed by atoms with van der Waals surface area (Å²) in [6.45, 7) is 7.79. The summed E-state index contributed by atoms with van der Waals surface area (Å²) in [5.74, 6) is -1.07. The van der Waals surface area contributed by atoms with E-state index in [1.165, 1.54) is 11.3 Å². The molecule has 168 valence electrons. The number of hydrogen-bond acceptors (Lipinski definition) is 6. The number of carbonyl (C=O) groups excluding carboxylic acids is 2. The van der Waals surface area contributed by atoms with E-state index in [4.69, 9.17) is 0 Å². The fourth-order valence-electron chi connectivity index (χ4n) is 4.86. The molecule has 2 aliphatic rings. The zero-order valence-electron chi connectivity index (χ0n) is 18.9. The molecule has 6 heteroatoms. The van der Waals surface area contributed by atoms with Gasteiger partial charge < -0.3 is 10.2 Å². The molecule has 4 rings (SSSR count). The van der Waals surface area contributed by atoms with Crippen LogP contribution in [0.5, 0.6) is 0 Å². The summed E-state index contributed by atoms with van der Waals surface area (Å²) in [4.78, 5) is 32.4. The van der Waals surface area contributed by atoms with Gasteiger partial charge in [0.25, 0.3) is 0 Å². The minimum absolute atomic E-state index is 0.0190. The lowest BCUT2D eigenvalue weighted by Crippen LogP contribution is -2.33. The van der Waals surface area contributed by atoms with Crippen molar-refractivity contribution in [3.05, 3.63) is 64.2 Å². The summed E-state index contributed by atoms with van der Waals surface area (Å²) in [7, 11) is 0. The van der Waals surface area contributed by atoms with Crippen molar-refractivity contribution in [2.24, 2.45) is 10.8 Å². The number of aliphatic hydroxyl groups excluding tert-OH is 2. The molecule has 2 aromatic heterocycles. The van der Waals surface area contributed by atoms with Gasteiger partial charge in [0.05, 0.1) is 5.92 Å². The number of aromatic nitrogens is 1. The molecule has 0 bridgehead atoms. The molecule has 0 unspecified atom stereocenters. The number of rotatable bonds is 4. The van der Waals surface area contributed by atoms with Crippen LogP contribution in [0.2, 0.25) is 0 Å². The Morgan fingerprint density at radius 1 is 0.875 bits per heavy atom. The van der Waals surface area contributed by atoms with Gasteiger partial charge in [-0.05, 0) is 29.0 Å². The van der Waals surface area contributed by atoms with Crippen molar-refractivity contribution in [1.29, 1.82) is 0 Å². The largest absolute Gasteiger partial charge is 0.512 e. The Labute approximate surface area is 192 Å². The Hall–Kier alpha value is -2.73. The Kier molecular flexibility index (Phi) is 5.61. The SMILES string of the molecule is CC1(C)CC(=O)C(C(C2=C(O)CC(C)(C)CC2=O)c2ccc(-c3cccnc3)s2)=C(O)C1. The average Bonchev–Trinajstić information content (AvgIpc) is 3.14. The monoisotopic (exact) mass is 451 g/mol. The molecular formula is C26H29NO4S. The quantitative estimate of drug-likeness (QED) is 0.570. The zero-order valence-corrected chi connectivity index (χ0v) is 19.8. The smallest absolute Gasteiger partial charge is 0.163 e. The highest BCUT2D eigenvalue weighted by atomic mass is 32.1. The molecule has 0 atom stereocenters. The molecule has 0 fully saturated rings. The van der Waals surface area contributed by atoms with E-state index in [0.717, 1.165) is 15.3 Å². The average molecular weight is 452 g/mol. The van der Waals surface area contributed by atoms with E-state index >= 15 is 0 Å². The van der Waals surface area contributed by atoms with E-state index in [1.54, 1.807) is 12.4 Å². The number of nitrogens with zero attached hydrogens (tertiary/aromatic N) is 1. The first kappa shape index (κ1) is 22.5. The van der Waals surface area contributed by atoms with Crippen molar-refractivity contribution in [3.8, 4) is 10.4 Å². The van der Waals surface area contributed by atoms with Gasteiger partial charge in [0.15, 0.2) is 11.6 Å². The van der Waals surface area contributed by atoms with Gasteiger partial charge in [-0.15, -0.1) is 11.3 Å². The van der Waals surface area contributed by atoms with Gasteiger partial charge >= 0.3 is 0 Å². The van der Waals surface area contributed by atoms with Crippen LogP contribution in [0.15, 0.2) is 59.3 Å². The predicted octanol–water partition coefficient (Wildman–Crippen LogP) is 6.30. The molecule has 0 spiro atoms. The minimum Gasteiger partial charge on any atom is -0.512 e. The van der Waals surface area contributed by atoms with Crippen LogP contribution in [0.3, 0.4) is 0 Å². The number of pyridine rings is 1. The predicted molar refractivity (Wildman–Crippen MR) is 126 cm³/mol. The van der Waals surface area contributed by atoms with Crippen LogP contribution in [-0.4, -0.2) is 26.8 Å². The first-order chi connectivity index (χ1) is 15.0. The van der Waals surface area contributed by atoms with Gasteiger partial charge in [-0.2, -0.15) is 0 Å². The van der Waals surface area contributed by atoms with Crippen molar-refractivity contribution >= 4 is 22.9 Å². The molecule has 0 saturated heterocycles. The van der Waals surface area contributed by atoms with Gasteiger partial charge in [-0.1, -0.05) is 33.8 Å². The van der Waals surface area contributed by atoms with Crippen LogP contribution in [0.1, 0.15) is 64.2 Å². The summed E-state index contributed by atoms with van der Waals surface area (Å²) in [5, 5.41) is 21.9. The Balaban J connectivity index is 1.89. The zero-order chi connectivity index (χ0) is 23.3. The van der Waals surface area contributed by atoms with Crippen molar-refractivity contribution in [3.63, 3.8) is 0 Å². The summed E-state index contributed by atoms with van der Waals surface area (Å²) in [6.07, 6.45) is 4.77. The van der Waals surface area contributed by atoms with Crippen LogP contribution in [0, 0.1) is 10.8 Å². The number of aliphatic hydroxyl groups is 2. The summed E-state index contributed by atoms with van der Waals surface area (Å²) in [5.41, 5.74) is 0.740. The van der Waals surface area contributed by atoms with Crippen molar-refractivity contribution in [1.82, 2.24) is 4.98 Å². The highest BCUT2D eigenvalue weighted by Gasteiger charge is 2.44. The lowest BCUT2D eigenvalue weighted by molar-refractivity contribution is -0.119. The molecule has 32 heavy (non-hydrogen) atoms. The summed E-state index contributed by atoms with van der Waals surface area (Å²) >= 11 is 1.45. The second-order valence-corrected chi connectivity index (χ2v) is 11.6. The Morgan fingerprint density at radius 2 is 1.44 bits per heavy atom. The maximum Gasteiger partial charge on any atom is 0.163 e. The van der Waals surface area contributed by atoms with E-state index in [9.17, 15) is 19.8 Å². The van der Waals surface area contributed by atoms with E-state index in [-0.39, 0.29) is 57.9 Å². The Bertz CT molecular complexity index is 1090. The molecule has 0 radical (unpaired) electrons. The molecule has 2 heterocycles. The number of carbonyl (C=O) groups is 2. The van der Waals surface area contributed by atoms with Gasteiger partial charge in [-0.25, -0.2) is 0 Å². The Morgan fingerprint density at radius 3 is 1.91 bits per heavy atom.